The average molecular weight is 482 g/mol. The van der Waals surface area contributed by atoms with Crippen LogP contribution in [-0.4, -0.2) is 19.3 Å². The van der Waals surface area contributed by atoms with E-state index in [1.807, 2.05) is 12.1 Å². The van der Waals surface area contributed by atoms with Crippen LogP contribution in [0, 0.1) is 0 Å². The maximum atomic E-state index is 12.5. The fraction of sp³-hybridized carbons (Fsp3) is 0.0833. The number of nitrogens with zero attached hydrogens (tertiary/aromatic N) is 1. The predicted octanol–water partition coefficient (Wildman–Crippen LogP) is 5.37. The van der Waals surface area contributed by atoms with Crippen LogP contribution in [0.5, 0.6) is 0 Å². The lowest BCUT2D eigenvalue weighted by Crippen LogP contribution is -2.14. The van der Waals surface area contributed by atoms with Crippen molar-refractivity contribution in [3.05, 3.63) is 96.0 Å². The molecule has 0 aliphatic carbocycles. The lowest BCUT2D eigenvalue weighted by molar-refractivity contribution is -0.116. The Morgan fingerprint density at radius 2 is 1.67 bits per heavy atom. The second kappa shape index (κ2) is 9.89. The second-order valence-electron chi connectivity index (χ2n) is 7.17. The van der Waals surface area contributed by atoms with E-state index in [0.717, 1.165) is 5.56 Å². The van der Waals surface area contributed by atoms with E-state index in [1.165, 1.54) is 12.1 Å². The highest BCUT2D eigenvalue weighted by Gasteiger charge is 2.14. The van der Waals surface area contributed by atoms with Gasteiger partial charge in [-0.1, -0.05) is 35.9 Å². The van der Waals surface area contributed by atoms with Gasteiger partial charge in [0.05, 0.1) is 16.8 Å². The first-order valence-electron chi connectivity index (χ1n) is 10.1. The van der Waals surface area contributed by atoms with Crippen molar-refractivity contribution in [1.29, 1.82) is 0 Å². The molecular weight excluding hydrogens is 462 g/mol. The Labute approximate surface area is 196 Å². The molecule has 3 aromatic carbocycles. The lowest BCUT2D eigenvalue weighted by Gasteiger charge is -2.10. The van der Waals surface area contributed by atoms with Gasteiger partial charge >= 0.3 is 0 Å². The van der Waals surface area contributed by atoms with Gasteiger partial charge in [-0.25, -0.2) is 13.4 Å². The van der Waals surface area contributed by atoms with Crippen LogP contribution in [0.3, 0.4) is 0 Å². The molecular formula is C24H20ClN3O4S. The number of hydrogen-bond donors (Lipinski definition) is 2. The summed E-state index contributed by atoms with van der Waals surface area (Å²) >= 11 is 5.90. The van der Waals surface area contributed by atoms with Gasteiger partial charge in [0.1, 0.15) is 0 Å². The summed E-state index contributed by atoms with van der Waals surface area (Å²) in [5.41, 5.74) is 1.66. The molecule has 168 valence electrons. The van der Waals surface area contributed by atoms with E-state index in [-0.39, 0.29) is 17.2 Å². The normalized spacial score (nSPS) is 11.2. The molecule has 0 fully saturated rings. The van der Waals surface area contributed by atoms with E-state index >= 15 is 0 Å². The first-order chi connectivity index (χ1) is 15.9. The number of halogens is 1. The number of oxazole rings is 1. The molecule has 0 unspecified atom stereocenters. The first-order valence-corrected chi connectivity index (χ1v) is 11.9. The quantitative estimate of drug-likeness (QED) is 0.352. The molecule has 4 rings (SSSR count). The van der Waals surface area contributed by atoms with Crippen LogP contribution in [0.4, 0.5) is 11.4 Å². The molecule has 4 aromatic rings. The number of rotatable bonds is 8. The summed E-state index contributed by atoms with van der Waals surface area (Å²) in [5, 5.41) is 3.40. The molecule has 0 aliphatic rings. The van der Waals surface area contributed by atoms with E-state index in [9.17, 15) is 13.2 Å². The van der Waals surface area contributed by atoms with Crippen molar-refractivity contribution in [3.63, 3.8) is 0 Å². The van der Waals surface area contributed by atoms with Crippen molar-refractivity contribution in [2.24, 2.45) is 0 Å². The topological polar surface area (TPSA) is 101 Å². The molecule has 0 aliphatic heterocycles. The van der Waals surface area contributed by atoms with Crippen LogP contribution in [0.15, 0.2) is 94.4 Å². The molecule has 7 nitrogen and oxygen atoms in total. The maximum Gasteiger partial charge on any atom is 0.261 e. The number of nitrogens with one attached hydrogen (secondary N) is 2. The van der Waals surface area contributed by atoms with Gasteiger partial charge in [0.15, 0.2) is 11.7 Å². The number of aryl methyl sites for hydroxylation is 1. The highest BCUT2D eigenvalue weighted by molar-refractivity contribution is 7.92. The Bertz CT molecular complexity index is 1350. The zero-order chi connectivity index (χ0) is 23.3. The molecule has 0 bridgehead atoms. The minimum atomic E-state index is -3.72. The Morgan fingerprint density at radius 3 is 2.42 bits per heavy atom. The van der Waals surface area contributed by atoms with E-state index < -0.39 is 10.0 Å². The summed E-state index contributed by atoms with van der Waals surface area (Å²) in [5.74, 6) is 0.796. The first kappa shape index (κ1) is 22.6. The van der Waals surface area contributed by atoms with Gasteiger partial charge < -0.3 is 9.73 Å². The highest BCUT2D eigenvalue weighted by Crippen LogP contribution is 2.23. The fourth-order valence-electron chi connectivity index (χ4n) is 3.09. The van der Waals surface area contributed by atoms with E-state index in [1.54, 1.807) is 60.8 Å². The van der Waals surface area contributed by atoms with E-state index in [0.29, 0.717) is 34.5 Å². The van der Waals surface area contributed by atoms with Gasteiger partial charge in [0.25, 0.3) is 10.0 Å². The number of aromatic nitrogens is 1. The molecule has 0 radical (unpaired) electrons. The van der Waals surface area contributed by atoms with Crippen LogP contribution < -0.4 is 10.0 Å². The zero-order valence-corrected chi connectivity index (χ0v) is 18.9. The van der Waals surface area contributed by atoms with Crippen LogP contribution in [-0.2, 0) is 21.2 Å². The SMILES string of the molecule is O=C(CCc1ncc(-c2ccc(Cl)cc2)o1)Nc1cccc(NS(=O)(=O)c2ccccc2)c1. The highest BCUT2D eigenvalue weighted by atomic mass is 35.5. The van der Waals surface area contributed by atoms with Gasteiger partial charge in [-0.2, -0.15) is 0 Å². The molecule has 1 aromatic heterocycles. The summed E-state index contributed by atoms with van der Waals surface area (Å²) in [7, 11) is -3.72. The lowest BCUT2D eigenvalue weighted by atomic mass is 10.2. The van der Waals surface area contributed by atoms with Crippen molar-refractivity contribution in [2.75, 3.05) is 10.0 Å². The Kier molecular flexibility index (Phi) is 6.76. The molecule has 33 heavy (non-hydrogen) atoms. The van der Waals surface area contributed by atoms with Crippen molar-refractivity contribution < 1.29 is 17.6 Å². The van der Waals surface area contributed by atoms with Crippen molar-refractivity contribution in [3.8, 4) is 11.3 Å². The van der Waals surface area contributed by atoms with E-state index in [2.05, 4.69) is 15.0 Å². The summed E-state index contributed by atoms with van der Waals surface area (Å²) in [6.45, 7) is 0. The number of carbonyl (C=O) groups excluding carboxylic acids is 1. The van der Waals surface area contributed by atoms with Crippen molar-refractivity contribution in [2.45, 2.75) is 17.7 Å². The van der Waals surface area contributed by atoms with Crippen molar-refractivity contribution >= 4 is 38.9 Å². The number of carbonyl (C=O) groups is 1. The summed E-state index contributed by atoms with van der Waals surface area (Å²) in [4.78, 5) is 16.8. The Morgan fingerprint density at radius 1 is 0.939 bits per heavy atom. The molecule has 1 heterocycles. The molecule has 0 atom stereocenters. The third kappa shape index (κ3) is 6.00. The molecule has 0 saturated heterocycles. The molecule has 2 N–H and O–H groups in total. The second-order valence-corrected chi connectivity index (χ2v) is 9.29. The minimum Gasteiger partial charge on any atom is -0.441 e. The predicted molar refractivity (Wildman–Crippen MR) is 128 cm³/mol. The minimum absolute atomic E-state index is 0.153. The summed E-state index contributed by atoms with van der Waals surface area (Å²) in [6.07, 6.45) is 2.08. The standard InChI is InChI=1S/C24H20ClN3O4S/c25-18-11-9-17(10-12-18)22-16-26-24(32-22)14-13-23(29)27-19-5-4-6-20(15-19)28-33(30,31)21-7-2-1-3-8-21/h1-12,15-16,28H,13-14H2,(H,27,29). The smallest absolute Gasteiger partial charge is 0.261 e. The number of hydrogen-bond acceptors (Lipinski definition) is 5. The van der Waals surface area contributed by atoms with Gasteiger partial charge in [-0.05, 0) is 54.6 Å². The monoisotopic (exact) mass is 481 g/mol. The Balaban J connectivity index is 1.34. The molecule has 0 saturated carbocycles. The maximum absolute atomic E-state index is 12.5. The van der Waals surface area contributed by atoms with Gasteiger partial charge in [0, 0.05) is 29.1 Å². The Hall–Kier alpha value is -3.62. The third-order valence-corrected chi connectivity index (χ3v) is 6.35. The molecule has 1 amide bonds. The van der Waals surface area contributed by atoms with Gasteiger partial charge in [-0.3, -0.25) is 9.52 Å². The summed E-state index contributed by atoms with van der Waals surface area (Å²) in [6, 6.07) is 21.8. The van der Waals surface area contributed by atoms with Crippen LogP contribution in [0.2, 0.25) is 5.02 Å². The van der Waals surface area contributed by atoms with Crippen LogP contribution >= 0.6 is 11.6 Å². The average Bonchev–Trinajstić information content (AvgIpc) is 3.28. The van der Waals surface area contributed by atoms with Crippen LogP contribution in [0.25, 0.3) is 11.3 Å². The number of sulfonamides is 1. The fourth-order valence-corrected chi connectivity index (χ4v) is 4.29. The van der Waals surface area contributed by atoms with Gasteiger partial charge in [-0.15, -0.1) is 0 Å². The van der Waals surface area contributed by atoms with Crippen LogP contribution in [0.1, 0.15) is 12.3 Å². The van der Waals surface area contributed by atoms with E-state index in [4.69, 9.17) is 16.0 Å². The number of anilines is 2. The number of benzene rings is 3. The molecule has 9 heteroatoms. The zero-order valence-electron chi connectivity index (χ0n) is 17.4. The van der Waals surface area contributed by atoms with Crippen molar-refractivity contribution in [1.82, 2.24) is 4.98 Å². The number of amides is 1. The molecule has 0 spiro atoms. The summed E-state index contributed by atoms with van der Waals surface area (Å²) < 4.78 is 33.2. The third-order valence-electron chi connectivity index (χ3n) is 4.70. The largest absolute Gasteiger partial charge is 0.441 e. The van der Waals surface area contributed by atoms with Gasteiger partial charge in [0.2, 0.25) is 5.91 Å².